The standard InChI is InChI=1S/C21H28N4O3/c1-26-12-13-28-19-4-2-17(3-5-19)15-24-7-9-25(10-8-24)21-22-14-18-16-27-11-6-20(18)23-21/h2-5,14H,6-13,15-16H2,1H3. The number of hydrogen-bond acceptors (Lipinski definition) is 7. The molecular formula is C21H28N4O3. The van der Waals surface area contributed by atoms with E-state index in [0.29, 0.717) is 19.8 Å². The number of aromatic nitrogens is 2. The van der Waals surface area contributed by atoms with Gasteiger partial charge in [-0.2, -0.15) is 0 Å². The molecule has 7 nitrogen and oxygen atoms in total. The molecule has 0 N–H and O–H groups in total. The number of hydrogen-bond donors (Lipinski definition) is 0. The first-order chi connectivity index (χ1) is 13.8. The summed E-state index contributed by atoms with van der Waals surface area (Å²) in [6, 6.07) is 8.35. The molecule has 0 unspecified atom stereocenters. The average Bonchev–Trinajstić information content (AvgIpc) is 2.75. The van der Waals surface area contributed by atoms with E-state index in [0.717, 1.165) is 68.7 Å². The molecule has 0 amide bonds. The summed E-state index contributed by atoms with van der Waals surface area (Å²) >= 11 is 0. The SMILES string of the molecule is COCCOc1ccc(CN2CCN(c3ncc4c(n3)CCOC4)CC2)cc1. The lowest BCUT2D eigenvalue weighted by molar-refractivity contribution is 0.109. The lowest BCUT2D eigenvalue weighted by Crippen LogP contribution is -2.46. The summed E-state index contributed by atoms with van der Waals surface area (Å²) < 4.78 is 16.1. The van der Waals surface area contributed by atoms with Crippen molar-refractivity contribution < 1.29 is 14.2 Å². The second-order valence-electron chi connectivity index (χ2n) is 7.19. The number of anilines is 1. The first kappa shape index (κ1) is 19.1. The summed E-state index contributed by atoms with van der Waals surface area (Å²) in [6.07, 6.45) is 2.81. The zero-order valence-electron chi connectivity index (χ0n) is 16.5. The van der Waals surface area contributed by atoms with Crippen LogP contribution in [0.15, 0.2) is 30.5 Å². The van der Waals surface area contributed by atoms with Gasteiger partial charge >= 0.3 is 0 Å². The van der Waals surface area contributed by atoms with Gasteiger partial charge in [-0.1, -0.05) is 12.1 Å². The van der Waals surface area contributed by atoms with E-state index in [-0.39, 0.29) is 0 Å². The van der Waals surface area contributed by atoms with Crippen LogP contribution in [0.25, 0.3) is 0 Å². The van der Waals surface area contributed by atoms with Gasteiger partial charge in [0.2, 0.25) is 5.95 Å². The van der Waals surface area contributed by atoms with Gasteiger partial charge in [0.05, 0.1) is 25.5 Å². The molecular weight excluding hydrogens is 356 g/mol. The molecule has 4 rings (SSSR count). The van der Waals surface area contributed by atoms with Crippen molar-refractivity contribution in [2.24, 2.45) is 0 Å². The minimum Gasteiger partial charge on any atom is -0.491 e. The Balaban J connectivity index is 1.27. The molecule has 0 spiro atoms. The van der Waals surface area contributed by atoms with Crippen molar-refractivity contribution in [1.82, 2.24) is 14.9 Å². The molecule has 7 heteroatoms. The lowest BCUT2D eigenvalue weighted by Gasteiger charge is -2.35. The van der Waals surface area contributed by atoms with E-state index < -0.39 is 0 Å². The van der Waals surface area contributed by atoms with E-state index >= 15 is 0 Å². The van der Waals surface area contributed by atoms with Gasteiger partial charge in [0, 0.05) is 58.0 Å². The van der Waals surface area contributed by atoms with Crippen molar-refractivity contribution in [3.8, 4) is 5.75 Å². The van der Waals surface area contributed by atoms with Crippen LogP contribution in [0, 0.1) is 0 Å². The monoisotopic (exact) mass is 384 g/mol. The summed E-state index contributed by atoms with van der Waals surface area (Å²) in [5.41, 5.74) is 3.58. The summed E-state index contributed by atoms with van der Waals surface area (Å²) in [5.74, 6) is 1.75. The number of fused-ring (bicyclic) bond motifs is 1. The maximum Gasteiger partial charge on any atom is 0.225 e. The third-order valence-corrected chi connectivity index (χ3v) is 5.22. The number of piperazine rings is 1. The maximum atomic E-state index is 5.63. The molecule has 1 fully saturated rings. The third kappa shape index (κ3) is 4.79. The highest BCUT2D eigenvalue weighted by Gasteiger charge is 2.21. The normalized spacial score (nSPS) is 17.4. The molecule has 28 heavy (non-hydrogen) atoms. The first-order valence-electron chi connectivity index (χ1n) is 9.92. The zero-order chi connectivity index (χ0) is 19.2. The van der Waals surface area contributed by atoms with Crippen LogP contribution in [0.1, 0.15) is 16.8 Å². The fourth-order valence-corrected chi connectivity index (χ4v) is 3.57. The Labute approximate surface area is 166 Å². The lowest BCUT2D eigenvalue weighted by atomic mass is 10.1. The Morgan fingerprint density at radius 1 is 1.07 bits per heavy atom. The Hall–Kier alpha value is -2.22. The summed E-state index contributed by atoms with van der Waals surface area (Å²) in [4.78, 5) is 14.1. The van der Waals surface area contributed by atoms with Gasteiger partial charge in [0.25, 0.3) is 0 Å². The minimum atomic E-state index is 0.579. The molecule has 2 aliphatic rings. The number of rotatable bonds is 7. The third-order valence-electron chi connectivity index (χ3n) is 5.22. The van der Waals surface area contributed by atoms with Crippen LogP contribution in [-0.2, 0) is 29.0 Å². The molecule has 2 aliphatic heterocycles. The molecule has 3 heterocycles. The Bertz CT molecular complexity index is 761. The summed E-state index contributed by atoms with van der Waals surface area (Å²) in [5, 5.41) is 0. The highest BCUT2D eigenvalue weighted by Crippen LogP contribution is 2.19. The summed E-state index contributed by atoms with van der Waals surface area (Å²) in [6.45, 7) is 7.46. The van der Waals surface area contributed by atoms with Crippen LogP contribution >= 0.6 is 0 Å². The largest absolute Gasteiger partial charge is 0.491 e. The molecule has 1 aromatic heterocycles. The van der Waals surface area contributed by atoms with Crippen LogP contribution in [0.2, 0.25) is 0 Å². The van der Waals surface area contributed by atoms with Crippen LogP contribution in [0.5, 0.6) is 5.75 Å². The second kappa shape index (κ2) is 9.32. The highest BCUT2D eigenvalue weighted by atomic mass is 16.5. The van der Waals surface area contributed by atoms with E-state index in [4.69, 9.17) is 19.2 Å². The summed E-state index contributed by atoms with van der Waals surface area (Å²) in [7, 11) is 1.68. The number of ether oxygens (including phenoxy) is 3. The van der Waals surface area contributed by atoms with Gasteiger partial charge in [-0.15, -0.1) is 0 Å². The van der Waals surface area contributed by atoms with E-state index in [2.05, 4.69) is 26.9 Å². The van der Waals surface area contributed by atoms with Gasteiger partial charge in [0.1, 0.15) is 12.4 Å². The topological polar surface area (TPSA) is 60.0 Å². The highest BCUT2D eigenvalue weighted by molar-refractivity contribution is 5.34. The Morgan fingerprint density at radius 3 is 2.68 bits per heavy atom. The number of benzene rings is 1. The first-order valence-corrected chi connectivity index (χ1v) is 9.92. The molecule has 0 radical (unpaired) electrons. The van der Waals surface area contributed by atoms with Gasteiger partial charge < -0.3 is 19.1 Å². The van der Waals surface area contributed by atoms with Crippen LogP contribution in [0.3, 0.4) is 0 Å². The quantitative estimate of drug-likeness (QED) is 0.676. The number of nitrogens with zero attached hydrogens (tertiary/aromatic N) is 4. The van der Waals surface area contributed by atoms with Gasteiger partial charge in [-0.25, -0.2) is 9.97 Å². The fraction of sp³-hybridized carbons (Fsp3) is 0.524. The molecule has 2 aromatic rings. The van der Waals surface area contributed by atoms with Crippen molar-refractivity contribution in [2.45, 2.75) is 19.6 Å². The predicted molar refractivity (Wildman–Crippen MR) is 107 cm³/mol. The van der Waals surface area contributed by atoms with Crippen molar-refractivity contribution in [2.75, 3.05) is 58.0 Å². The molecule has 1 aromatic carbocycles. The molecule has 1 saturated heterocycles. The number of methoxy groups -OCH3 is 1. The smallest absolute Gasteiger partial charge is 0.225 e. The van der Waals surface area contributed by atoms with E-state index in [1.165, 1.54) is 5.56 Å². The van der Waals surface area contributed by atoms with Crippen LogP contribution in [0.4, 0.5) is 5.95 Å². The molecule has 150 valence electrons. The van der Waals surface area contributed by atoms with Crippen LogP contribution in [-0.4, -0.2) is 68.0 Å². The Morgan fingerprint density at radius 2 is 1.89 bits per heavy atom. The average molecular weight is 384 g/mol. The van der Waals surface area contributed by atoms with E-state index in [1.54, 1.807) is 7.11 Å². The molecule has 0 bridgehead atoms. The van der Waals surface area contributed by atoms with E-state index in [9.17, 15) is 0 Å². The second-order valence-corrected chi connectivity index (χ2v) is 7.19. The molecule has 0 aliphatic carbocycles. The van der Waals surface area contributed by atoms with E-state index in [1.807, 2.05) is 18.3 Å². The van der Waals surface area contributed by atoms with Gasteiger partial charge in [-0.3, -0.25) is 4.90 Å². The molecule has 0 saturated carbocycles. The van der Waals surface area contributed by atoms with Crippen LogP contribution < -0.4 is 9.64 Å². The predicted octanol–water partition coefficient (Wildman–Crippen LogP) is 1.90. The van der Waals surface area contributed by atoms with Crippen molar-refractivity contribution in [1.29, 1.82) is 0 Å². The van der Waals surface area contributed by atoms with Crippen molar-refractivity contribution in [3.63, 3.8) is 0 Å². The van der Waals surface area contributed by atoms with Gasteiger partial charge in [0.15, 0.2) is 0 Å². The van der Waals surface area contributed by atoms with Crippen molar-refractivity contribution in [3.05, 3.63) is 47.3 Å². The zero-order valence-corrected chi connectivity index (χ0v) is 16.5. The Kier molecular flexibility index (Phi) is 6.36. The molecule has 0 atom stereocenters. The van der Waals surface area contributed by atoms with Crippen molar-refractivity contribution >= 4 is 5.95 Å². The fourth-order valence-electron chi connectivity index (χ4n) is 3.57. The van der Waals surface area contributed by atoms with Gasteiger partial charge in [-0.05, 0) is 17.7 Å². The maximum absolute atomic E-state index is 5.63. The minimum absolute atomic E-state index is 0.579.